The minimum atomic E-state index is 1.29. The van der Waals surface area contributed by atoms with Gasteiger partial charge in [0, 0.05) is 0 Å². The van der Waals surface area contributed by atoms with Crippen LogP contribution in [0.1, 0.15) is 0 Å². The number of thiophene rings is 3. The molecule has 0 saturated heterocycles. The summed E-state index contributed by atoms with van der Waals surface area (Å²) in [6, 6.07) is 13.4. The summed E-state index contributed by atoms with van der Waals surface area (Å²) in [5.41, 5.74) is 7.78. The van der Waals surface area contributed by atoms with Gasteiger partial charge in [-0.1, -0.05) is 0 Å². The van der Waals surface area contributed by atoms with Gasteiger partial charge in [0.2, 0.25) is 0 Å². The third-order valence-corrected chi connectivity index (χ3v) is 5.55. The molecule has 1 aromatic carbocycles. The average molecular weight is 324 g/mol. The van der Waals surface area contributed by atoms with Crippen LogP contribution in [0, 0.1) is 0 Å². The van der Waals surface area contributed by atoms with E-state index in [0.29, 0.717) is 0 Å². The first-order chi connectivity index (χ1) is 10.4. The van der Waals surface area contributed by atoms with E-state index in [1.54, 1.807) is 34.0 Å². The molecule has 0 atom stereocenters. The molecule has 21 heavy (non-hydrogen) atoms. The predicted octanol–water partition coefficient (Wildman–Crippen LogP) is 6.87. The van der Waals surface area contributed by atoms with Crippen LogP contribution in [-0.2, 0) is 0 Å². The standard InChI is InChI=1S/C18H12S3/c1-4-19-10-13(1)16-7-17(14-2-5-20-11-14)9-18(8-16)15-3-6-21-12-15/h1-12H. The van der Waals surface area contributed by atoms with Crippen LogP contribution >= 0.6 is 34.0 Å². The monoisotopic (exact) mass is 324 g/mol. The van der Waals surface area contributed by atoms with Crippen molar-refractivity contribution in [3.05, 3.63) is 68.7 Å². The van der Waals surface area contributed by atoms with Crippen molar-refractivity contribution >= 4 is 34.0 Å². The number of benzene rings is 1. The summed E-state index contributed by atoms with van der Waals surface area (Å²) in [5, 5.41) is 13.0. The summed E-state index contributed by atoms with van der Waals surface area (Å²) in [7, 11) is 0. The van der Waals surface area contributed by atoms with Crippen LogP contribution < -0.4 is 0 Å². The largest absolute Gasteiger partial charge is 0.152 e. The number of hydrogen-bond acceptors (Lipinski definition) is 3. The molecule has 3 heterocycles. The Bertz CT molecular complexity index is 696. The lowest BCUT2D eigenvalue weighted by molar-refractivity contribution is 1.63. The summed E-state index contributed by atoms with van der Waals surface area (Å²) < 4.78 is 0. The van der Waals surface area contributed by atoms with Crippen LogP contribution in [0.4, 0.5) is 0 Å². The highest BCUT2D eigenvalue weighted by molar-refractivity contribution is 7.08. The van der Waals surface area contributed by atoms with Gasteiger partial charge >= 0.3 is 0 Å². The fraction of sp³-hybridized carbons (Fsp3) is 0. The van der Waals surface area contributed by atoms with Gasteiger partial charge in [-0.3, -0.25) is 0 Å². The van der Waals surface area contributed by atoms with Gasteiger partial charge in [0.05, 0.1) is 0 Å². The lowest BCUT2D eigenvalue weighted by atomic mass is 9.96. The fourth-order valence-corrected chi connectivity index (χ4v) is 4.41. The molecule has 0 nitrogen and oxygen atoms in total. The Morgan fingerprint density at radius 1 is 0.429 bits per heavy atom. The normalized spacial score (nSPS) is 10.9. The van der Waals surface area contributed by atoms with Crippen LogP contribution in [0.2, 0.25) is 0 Å². The Hall–Kier alpha value is -1.68. The molecule has 0 bridgehead atoms. The molecule has 0 aliphatic carbocycles. The third kappa shape index (κ3) is 2.60. The SMILES string of the molecule is c1cc(-c2cc(-c3ccsc3)cc(-c3ccsc3)c2)cs1. The van der Waals surface area contributed by atoms with Gasteiger partial charge < -0.3 is 0 Å². The van der Waals surface area contributed by atoms with E-state index in [4.69, 9.17) is 0 Å². The van der Waals surface area contributed by atoms with Gasteiger partial charge in [0.15, 0.2) is 0 Å². The van der Waals surface area contributed by atoms with Crippen molar-refractivity contribution in [1.29, 1.82) is 0 Å². The van der Waals surface area contributed by atoms with Crippen molar-refractivity contribution in [3.63, 3.8) is 0 Å². The summed E-state index contributed by atoms with van der Waals surface area (Å²) >= 11 is 5.24. The van der Waals surface area contributed by atoms with Crippen molar-refractivity contribution in [2.75, 3.05) is 0 Å². The highest BCUT2D eigenvalue weighted by atomic mass is 32.1. The van der Waals surface area contributed by atoms with E-state index in [9.17, 15) is 0 Å². The Balaban J connectivity index is 1.92. The van der Waals surface area contributed by atoms with E-state index < -0.39 is 0 Å². The van der Waals surface area contributed by atoms with Crippen molar-refractivity contribution in [3.8, 4) is 33.4 Å². The zero-order valence-electron chi connectivity index (χ0n) is 11.2. The first-order valence-electron chi connectivity index (χ1n) is 6.63. The smallest absolute Gasteiger partial charge is 0.00147 e. The number of hydrogen-bond donors (Lipinski definition) is 0. The van der Waals surface area contributed by atoms with Crippen molar-refractivity contribution in [1.82, 2.24) is 0 Å². The quantitative estimate of drug-likeness (QED) is 0.385. The van der Waals surface area contributed by atoms with Crippen LogP contribution in [-0.4, -0.2) is 0 Å². The first-order valence-corrected chi connectivity index (χ1v) is 9.46. The summed E-state index contributed by atoms with van der Waals surface area (Å²) in [6.45, 7) is 0. The van der Waals surface area contributed by atoms with Crippen molar-refractivity contribution in [2.24, 2.45) is 0 Å². The summed E-state index contributed by atoms with van der Waals surface area (Å²) in [5.74, 6) is 0. The van der Waals surface area contributed by atoms with Crippen LogP contribution in [0.3, 0.4) is 0 Å². The van der Waals surface area contributed by atoms with Gasteiger partial charge in [0.1, 0.15) is 0 Å². The molecule has 0 aliphatic heterocycles. The van der Waals surface area contributed by atoms with E-state index in [-0.39, 0.29) is 0 Å². The van der Waals surface area contributed by atoms with E-state index in [0.717, 1.165) is 0 Å². The van der Waals surface area contributed by atoms with Gasteiger partial charge in [-0.15, -0.1) is 0 Å². The van der Waals surface area contributed by atoms with E-state index in [2.05, 4.69) is 68.7 Å². The maximum absolute atomic E-state index is 2.29. The van der Waals surface area contributed by atoms with Crippen LogP contribution in [0.25, 0.3) is 33.4 Å². The zero-order chi connectivity index (χ0) is 14.1. The molecule has 3 heteroatoms. The average Bonchev–Trinajstić information content (AvgIpc) is 3.29. The predicted molar refractivity (Wildman–Crippen MR) is 96.4 cm³/mol. The summed E-state index contributed by atoms with van der Waals surface area (Å²) in [4.78, 5) is 0. The molecule has 4 aromatic rings. The topological polar surface area (TPSA) is 0 Å². The molecule has 0 radical (unpaired) electrons. The van der Waals surface area contributed by atoms with Gasteiger partial charge in [-0.25, -0.2) is 0 Å². The van der Waals surface area contributed by atoms with Crippen molar-refractivity contribution < 1.29 is 0 Å². The van der Waals surface area contributed by atoms with Crippen LogP contribution in [0.5, 0.6) is 0 Å². The van der Waals surface area contributed by atoms with Crippen molar-refractivity contribution in [2.45, 2.75) is 0 Å². The molecular weight excluding hydrogens is 312 g/mol. The molecule has 0 saturated carbocycles. The molecule has 0 N–H and O–H groups in total. The Morgan fingerprint density at radius 2 is 0.762 bits per heavy atom. The van der Waals surface area contributed by atoms with Gasteiger partial charge in [-0.05, 0) is 102 Å². The lowest BCUT2D eigenvalue weighted by Gasteiger charge is -2.08. The molecule has 3 aromatic heterocycles. The maximum atomic E-state index is 2.29. The Labute approximate surface area is 136 Å². The highest BCUT2D eigenvalue weighted by Crippen LogP contribution is 2.34. The van der Waals surface area contributed by atoms with Gasteiger partial charge in [-0.2, -0.15) is 34.0 Å². The molecule has 0 unspecified atom stereocenters. The minimum absolute atomic E-state index is 1.29. The molecule has 4 rings (SSSR count). The molecular formula is C18H12S3. The highest BCUT2D eigenvalue weighted by Gasteiger charge is 2.08. The third-order valence-electron chi connectivity index (χ3n) is 3.50. The minimum Gasteiger partial charge on any atom is -0.152 e. The second-order valence-corrected chi connectivity index (χ2v) is 7.18. The molecule has 0 amide bonds. The second-order valence-electron chi connectivity index (χ2n) is 4.84. The Kier molecular flexibility index (Phi) is 3.47. The lowest BCUT2D eigenvalue weighted by Crippen LogP contribution is -1.82. The molecule has 0 fully saturated rings. The van der Waals surface area contributed by atoms with E-state index >= 15 is 0 Å². The maximum Gasteiger partial charge on any atom is -0.00147 e. The number of rotatable bonds is 3. The van der Waals surface area contributed by atoms with E-state index in [1.807, 2.05) is 0 Å². The zero-order valence-corrected chi connectivity index (χ0v) is 13.6. The fourth-order valence-electron chi connectivity index (χ4n) is 2.41. The Morgan fingerprint density at radius 3 is 1.00 bits per heavy atom. The molecule has 0 aliphatic rings. The van der Waals surface area contributed by atoms with Gasteiger partial charge in [0.25, 0.3) is 0 Å². The summed E-state index contributed by atoms with van der Waals surface area (Å²) in [6.07, 6.45) is 0. The first kappa shape index (κ1) is 13.0. The second kappa shape index (κ2) is 5.60. The molecule has 102 valence electrons. The molecule has 0 spiro atoms. The van der Waals surface area contributed by atoms with E-state index in [1.165, 1.54) is 33.4 Å². The van der Waals surface area contributed by atoms with Crippen LogP contribution in [0.15, 0.2) is 68.7 Å².